The molecule has 2 unspecified atom stereocenters. The molecule has 0 aliphatic carbocycles. The van der Waals surface area contributed by atoms with Crippen molar-refractivity contribution < 1.29 is 39.9 Å². The number of hydrogen-bond acceptors (Lipinski definition) is 9. The zero-order valence-corrected chi connectivity index (χ0v) is 25.5. The number of ether oxygens (including phenoxy) is 2. The summed E-state index contributed by atoms with van der Waals surface area (Å²) in [4.78, 5) is 16.9. The highest BCUT2D eigenvalue weighted by Crippen LogP contribution is 2.45. The van der Waals surface area contributed by atoms with Gasteiger partial charge in [0.15, 0.2) is 11.6 Å². The van der Waals surface area contributed by atoms with Crippen LogP contribution in [0.1, 0.15) is 47.3 Å². The number of hydrogen-bond donors (Lipinski definition) is 2. The molecule has 1 aromatic carbocycles. The number of rotatable bonds is 7. The normalized spacial score (nSPS) is 28.1. The Morgan fingerprint density at radius 2 is 2.04 bits per heavy atom. The first-order valence-corrected chi connectivity index (χ1v) is 15.4. The molecule has 4 aliphatic heterocycles. The number of anilines is 2. The molecule has 4 fully saturated rings. The maximum Gasteiger partial charge on any atom is 0.417 e. The number of benzene rings is 1. The number of nitrogens with one attached hydrogen (secondary N) is 1. The van der Waals surface area contributed by atoms with Crippen molar-refractivity contribution in [2.24, 2.45) is 0 Å². The molecule has 3 N–H and O–H groups in total. The number of piperazine rings is 1. The van der Waals surface area contributed by atoms with Gasteiger partial charge in [0.25, 0.3) is 0 Å². The van der Waals surface area contributed by atoms with Crippen LogP contribution in [0.3, 0.4) is 0 Å². The number of alkyl halides is 3. The number of halogens is 6. The van der Waals surface area contributed by atoms with E-state index in [1.807, 2.05) is 0 Å². The molecular formula is C32H35F6N7O2. The fourth-order valence-electron chi connectivity index (χ4n) is 8.01. The molecule has 0 saturated carbocycles. The van der Waals surface area contributed by atoms with Crippen LogP contribution in [0.25, 0.3) is 22.2 Å². The second kappa shape index (κ2) is 11.5. The Balaban J connectivity index is 1.35. The third kappa shape index (κ3) is 5.35. The zero-order chi connectivity index (χ0) is 35.8. The minimum Gasteiger partial charge on any atom is -0.461 e. The maximum absolute atomic E-state index is 16.7. The second-order valence-electron chi connectivity index (χ2n) is 13.2. The molecule has 0 amide bonds. The number of methoxy groups -OCH3 is 1. The molecule has 15 heteroatoms. The molecule has 2 aromatic heterocycles. The van der Waals surface area contributed by atoms with Crippen molar-refractivity contribution in [3.8, 4) is 17.3 Å². The van der Waals surface area contributed by atoms with Gasteiger partial charge in [-0.2, -0.15) is 23.1 Å². The summed E-state index contributed by atoms with van der Waals surface area (Å²) < 4.78 is 122. The van der Waals surface area contributed by atoms with E-state index in [-0.39, 0.29) is 43.0 Å². The summed E-state index contributed by atoms with van der Waals surface area (Å²) in [6.45, 7) is 2.65. The number of nitrogen functional groups attached to an aromatic ring is 1. The van der Waals surface area contributed by atoms with Crippen molar-refractivity contribution >= 4 is 22.4 Å². The first-order chi connectivity index (χ1) is 23.5. The Kier molecular flexibility index (Phi) is 6.92. The van der Waals surface area contributed by atoms with Crippen LogP contribution in [0.4, 0.5) is 37.8 Å². The third-order valence-electron chi connectivity index (χ3n) is 10.0. The molecule has 4 saturated heterocycles. The van der Waals surface area contributed by atoms with Gasteiger partial charge in [0.1, 0.15) is 23.6 Å². The Morgan fingerprint density at radius 1 is 1.21 bits per heavy atom. The van der Waals surface area contributed by atoms with Crippen molar-refractivity contribution in [2.75, 3.05) is 57.1 Å². The molecule has 47 heavy (non-hydrogen) atoms. The van der Waals surface area contributed by atoms with Crippen molar-refractivity contribution in [1.82, 2.24) is 25.2 Å². The summed E-state index contributed by atoms with van der Waals surface area (Å²) in [5.74, 6) is -2.67. The van der Waals surface area contributed by atoms with Gasteiger partial charge < -0.3 is 25.4 Å². The molecule has 9 nitrogen and oxygen atoms in total. The number of nitrogens with two attached hydrogens (primary N) is 1. The van der Waals surface area contributed by atoms with E-state index in [4.69, 9.17) is 19.3 Å². The van der Waals surface area contributed by atoms with E-state index < -0.39 is 69.5 Å². The van der Waals surface area contributed by atoms with Crippen LogP contribution in [0.2, 0.25) is 0 Å². The molecule has 6 heterocycles. The minimum atomic E-state index is -5.08. The van der Waals surface area contributed by atoms with Crippen molar-refractivity contribution in [3.05, 3.63) is 46.9 Å². The van der Waals surface area contributed by atoms with Gasteiger partial charge in [-0.1, -0.05) is 0 Å². The lowest BCUT2D eigenvalue weighted by atomic mass is 9.94. The minimum absolute atomic E-state index is 0.0190. The second-order valence-corrected chi connectivity index (χ2v) is 13.2. The molecule has 252 valence electrons. The first-order valence-electron chi connectivity index (χ1n) is 16.9. The summed E-state index contributed by atoms with van der Waals surface area (Å²) in [5.41, 5.74) is -0.0256. The van der Waals surface area contributed by atoms with Gasteiger partial charge in [-0.3, -0.25) is 9.88 Å². The Labute approximate surface area is 271 Å². The average Bonchev–Trinajstić information content (AvgIpc) is 3.69. The van der Waals surface area contributed by atoms with Crippen LogP contribution in [-0.2, 0) is 10.9 Å². The number of nitrogens with zero attached hydrogens (tertiary/aromatic N) is 5. The van der Waals surface area contributed by atoms with Crippen molar-refractivity contribution in [2.45, 2.75) is 62.3 Å². The van der Waals surface area contributed by atoms with Crippen molar-refractivity contribution in [3.63, 3.8) is 0 Å². The zero-order valence-electron chi connectivity index (χ0n) is 28.5. The van der Waals surface area contributed by atoms with Gasteiger partial charge in [-0.15, -0.1) is 0 Å². The monoisotopic (exact) mass is 666 g/mol. The fourth-order valence-corrected chi connectivity index (χ4v) is 8.01. The first kappa shape index (κ1) is 28.3. The van der Waals surface area contributed by atoms with Crippen LogP contribution in [0.15, 0.2) is 24.2 Å². The van der Waals surface area contributed by atoms with Gasteiger partial charge in [0.05, 0.1) is 50.3 Å². The van der Waals surface area contributed by atoms with Crippen LogP contribution >= 0.6 is 0 Å². The highest BCUT2D eigenvalue weighted by Gasteiger charge is 2.48. The Hall–Kier alpha value is -3.69. The van der Waals surface area contributed by atoms with Crippen molar-refractivity contribution in [1.29, 1.82) is 0 Å². The van der Waals surface area contributed by atoms with E-state index in [2.05, 4.69) is 25.2 Å². The van der Waals surface area contributed by atoms with Gasteiger partial charge in [-0.05, 0) is 62.8 Å². The molecule has 2 bridgehead atoms. The van der Waals surface area contributed by atoms with Crippen LogP contribution in [0, 0.1) is 18.6 Å². The predicted octanol–water partition coefficient (Wildman–Crippen LogP) is 5.31. The summed E-state index contributed by atoms with van der Waals surface area (Å²) in [5, 5.41) is 3.45. The average molecular weight is 667 g/mol. The third-order valence-corrected chi connectivity index (χ3v) is 10.0. The van der Waals surface area contributed by atoms with Gasteiger partial charge in [0, 0.05) is 38.9 Å². The van der Waals surface area contributed by atoms with Gasteiger partial charge >= 0.3 is 12.2 Å². The van der Waals surface area contributed by atoms with E-state index in [0.29, 0.717) is 50.7 Å². The van der Waals surface area contributed by atoms with Crippen LogP contribution in [-0.4, -0.2) is 83.4 Å². The highest BCUT2D eigenvalue weighted by molar-refractivity contribution is 5.92. The topological polar surface area (TPSA) is 102 Å². The highest BCUT2D eigenvalue weighted by atomic mass is 19.4. The lowest BCUT2D eigenvalue weighted by molar-refractivity contribution is -0.137. The predicted molar refractivity (Wildman–Crippen MR) is 163 cm³/mol. The van der Waals surface area contributed by atoms with E-state index in [0.717, 1.165) is 32.2 Å². The molecule has 3 aromatic rings. The van der Waals surface area contributed by atoms with E-state index in [1.165, 1.54) is 0 Å². The van der Waals surface area contributed by atoms with Crippen LogP contribution in [0.5, 0.6) is 6.01 Å². The molecule has 0 spiro atoms. The smallest absolute Gasteiger partial charge is 0.417 e. The lowest BCUT2D eigenvalue weighted by Crippen LogP contribution is -2.61. The van der Waals surface area contributed by atoms with E-state index in [1.54, 1.807) is 4.90 Å². The molecule has 4 aliphatic rings. The number of aromatic nitrogens is 3. The summed E-state index contributed by atoms with van der Waals surface area (Å²) in [6, 6.07) is 0.418. The lowest BCUT2D eigenvalue weighted by Gasteiger charge is -2.41. The Bertz CT molecular complexity index is 1880. The quantitative estimate of drug-likeness (QED) is 0.257. The Morgan fingerprint density at radius 3 is 2.81 bits per heavy atom. The molecule has 0 radical (unpaired) electrons. The van der Waals surface area contributed by atoms with Gasteiger partial charge in [0.2, 0.25) is 0 Å². The summed E-state index contributed by atoms with van der Waals surface area (Å²) in [7, 11) is -2.64. The summed E-state index contributed by atoms with van der Waals surface area (Å²) in [6.07, 6.45) is -0.178. The SMILES string of the molecule is [2H]C([2H])([2H])OCC12CCC(CN(c3nc(OC[C@@]45CCCN4C/C(=C\F)C5)nc4c(F)c(-c5c(F)c(N)cc(C)c5C(F)(F)F)ncc34)C1)N2. The van der Waals surface area contributed by atoms with Gasteiger partial charge in [-0.25, -0.2) is 13.2 Å². The summed E-state index contributed by atoms with van der Waals surface area (Å²) >= 11 is 0. The molecule has 3 atom stereocenters. The standard InChI is InChI=1S/C32H35F6N7O2/c1-17-8-21(39)24(34)22(23(17)32(36,37)38)27-25(35)26-20(11-40-27)28(44-13-19-4-6-30(14-44,43-19)15-46-2)42-29(41-26)47-16-31-5-3-7-45(31)12-18(9-31)10-33/h8,10-11,19,43H,3-7,9,12-16,39H2,1-2H3/b18-10-/t19?,30?,31-/m0/s1/i2D3. The fraction of sp³-hybridized carbons (Fsp3) is 0.531. The number of fused-ring (bicyclic) bond motifs is 4. The molecular weight excluding hydrogens is 628 g/mol. The van der Waals surface area contributed by atoms with E-state index in [9.17, 15) is 17.6 Å². The number of aryl methyl sites for hydroxylation is 1. The van der Waals surface area contributed by atoms with E-state index >= 15 is 8.78 Å². The largest absolute Gasteiger partial charge is 0.461 e. The van der Waals surface area contributed by atoms with Crippen LogP contribution < -0.4 is 20.7 Å². The molecule has 7 rings (SSSR count). The maximum atomic E-state index is 16.7. The number of pyridine rings is 1.